The van der Waals surface area contributed by atoms with E-state index in [-0.39, 0.29) is 0 Å². The zero-order valence-corrected chi connectivity index (χ0v) is 7.45. The summed E-state index contributed by atoms with van der Waals surface area (Å²) in [4.78, 5) is 13.7. The Balaban J connectivity index is 3.73. The Kier molecular flexibility index (Phi) is 2.10. The van der Waals surface area contributed by atoms with Crippen LogP contribution in [0.2, 0.25) is 0 Å². The van der Waals surface area contributed by atoms with Crippen molar-refractivity contribution in [3.63, 3.8) is 0 Å². The van der Waals surface area contributed by atoms with Crippen LogP contribution in [0.1, 0.15) is 0 Å². The topological polar surface area (TPSA) is 115 Å². The summed E-state index contributed by atoms with van der Waals surface area (Å²) in [6.45, 7) is 0. The lowest BCUT2D eigenvalue weighted by Gasteiger charge is -2.01. The molecule has 0 unspecified atom stereocenters. The van der Waals surface area contributed by atoms with Gasteiger partial charge in [-0.1, -0.05) is 0 Å². The summed E-state index contributed by atoms with van der Waals surface area (Å²) < 4.78 is 30.8. The van der Waals surface area contributed by atoms with Crippen molar-refractivity contribution in [3.8, 4) is 0 Å². The maximum Gasteiger partial charge on any atom is 0.303 e. The van der Waals surface area contributed by atoms with Gasteiger partial charge in [0.1, 0.15) is 0 Å². The molecule has 13 heavy (non-hydrogen) atoms. The molecule has 1 aromatic rings. The van der Waals surface area contributed by atoms with Crippen molar-refractivity contribution in [3.05, 3.63) is 16.7 Å². The summed E-state index contributed by atoms with van der Waals surface area (Å²) in [7, 11) is -3.31. The molecule has 1 aromatic heterocycles. The van der Waals surface area contributed by atoms with Crippen LogP contribution in [0, 0.1) is 0 Å². The average Bonchev–Trinajstić information content (AvgIpc) is 1.95. The first-order valence-corrected chi connectivity index (χ1v) is 4.56. The van der Waals surface area contributed by atoms with Crippen molar-refractivity contribution in [2.75, 3.05) is 5.73 Å². The van der Waals surface area contributed by atoms with E-state index >= 15 is 0 Å². The van der Waals surface area contributed by atoms with E-state index in [1.807, 2.05) is 0 Å². The maximum absolute atomic E-state index is 11.1. The van der Waals surface area contributed by atoms with Crippen LogP contribution in [0.15, 0.2) is 16.0 Å². The molecule has 0 saturated carbocycles. The fourth-order valence-corrected chi connectivity index (χ4v) is 1.45. The van der Waals surface area contributed by atoms with Crippen LogP contribution in [0.5, 0.6) is 0 Å². The Labute approximate surface area is 73.6 Å². The van der Waals surface area contributed by atoms with Crippen molar-refractivity contribution < 1.29 is 13.0 Å². The summed E-state index contributed by atoms with van der Waals surface area (Å²) in [6, 6.07) is 0. The third kappa shape index (κ3) is 1.68. The van der Waals surface area contributed by atoms with Crippen LogP contribution >= 0.6 is 0 Å². The predicted octanol–water partition coefficient (Wildman–Crippen LogP) is -1.39. The van der Waals surface area contributed by atoms with E-state index in [2.05, 4.69) is 4.98 Å². The molecular weight excluding hydrogens is 198 g/mol. The number of aromatic nitrogens is 2. The second-order valence-corrected chi connectivity index (χ2v) is 3.71. The second kappa shape index (κ2) is 2.82. The molecule has 3 N–H and O–H groups in total. The molecule has 7 nitrogen and oxygen atoms in total. The number of aryl methyl sites for hydroxylation is 1. The van der Waals surface area contributed by atoms with Crippen LogP contribution in [-0.4, -0.2) is 22.5 Å². The molecule has 72 valence electrons. The molecular formula is C5H7N3O4S. The molecule has 8 heteroatoms. The lowest BCUT2D eigenvalue weighted by atomic mass is 10.6. The molecule has 0 aromatic carbocycles. The fraction of sp³-hybridized carbons (Fsp3) is 0.200. The summed E-state index contributed by atoms with van der Waals surface area (Å²) in [6.07, 6.45) is 1.06. The van der Waals surface area contributed by atoms with Gasteiger partial charge < -0.3 is 10.3 Å². The summed E-state index contributed by atoms with van der Waals surface area (Å²) in [5, 5.41) is 0. The van der Waals surface area contributed by atoms with E-state index in [0.29, 0.717) is 0 Å². The number of nitrogens with zero attached hydrogens (tertiary/aromatic N) is 2. The van der Waals surface area contributed by atoms with Gasteiger partial charge in [-0.05, 0) is 0 Å². The summed E-state index contributed by atoms with van der Waals surface area (Å²) >= 11 is 0. The van der Waals surface area contributed by atoms with Crippen LogP contribution in [0.4, 0.5) is 5.82 Å². The molecule has 0 atom stereocenters. The van der Waals surface area contributed by atoms with Crippen LogP contribution in [0.3, 0.4) is 0 Å². The molecule has 0 aliphatic heterocycles. The summed E-state index contributed by atoms with van der Waals surface area (Å²) in [5.74, 6) is -0.509. The maximum atomic E-state index is 11.1. The molecule has 1 rings (SSSR count). The third-order valence-electron chi connectivity index (χ3n) is 1.38. The fourth-order valence-electron chi connectivity index (χ4n) is 0.772. The van der Waals surface area contributed by atoms with Crippen LogP contribution in [0.25, 0.3) is 0 Å². The predicted molar refractivity (Wildman–Crippen MR) is 43.7 cm³/mol. The molecule has 0 aliphatic rings. The van der Waals surface area contributed by atoms with Gasteiger partial charge in [0, 0.05) is 7.05 Å². The zero-order valence-electron chi connectivity index (χ0n) is 6.63. The van der Waals surface area contributed by atoms with Crippen LogP contribution in [-0.2, 0) is 17.2 Å². The van der Waals surface area contributed by atoms with Crippen molar-refractivity contribution >= 4 is 15.9 Å². The molecule has 0 bridgehead atoms. The van der Waals surface area contributed by atoms with Gasteiger partial charge in [0.15, 0.2) is 5.82 Å². The Morgan fingerprint density at radius 2 is 2.15 bits per heavy atom. The molecule has 0 radical (unpaired) electrons. The Morgan fingerprint density at radius 1 is 1.62 bits per heavy atom. The van der Waals surface area contributed by atoms with Crippen molar-refractivity contribution in [1.29, 1.82) is 0 Å². The number of hydrogen-bond acceptors (Lipinski definition) is 5. The first-order valence-electron chi connectivity index (χ1n) is 3.12. The minimum absolute atomic E-state index is 0.509. The van der Waals surface area contributed by atoms with E-state index in [4.69, 9.17) is 10.3 Å². The number of rotatable bonds is 1. The second-order valence-electron chi connectivity index (χ2n) is 2.35. The average molecular weight is 205 g/mol. The smallest absolute Gasteiger partial charge is 0.303 e. The lowest BCUT2D eigenvalue weighted by molar-refractivity contribution is 0.480. The normalized spacial score (nSPS) is 11.5. The molecule has 0 spiro atoms. The standard InChI is InChI=1S/C5H7N3O4S/c1-8-2-7-4(6)3(5(8)9)13(10,11)12/h2H,6H2,1H3,(H,10,11,12). The van der Waals surface area contributed by atoms with Gasteiger partial charge in [0.2, 0.25) is 4.90 Å². The quantitative estimate of drug-likeness (QED) is 0.545. The number of nitrogen functional groups attached to an aromatic ring is 1. The van der Waals surface area contributed by atoms with Gasteiger partial charge in [-0.3, -0.25) is 9.35 Å². The van der Waals surface area contributed by atoms with Crippen molar-refractivity contribution in [2.45, 2.75) is 4.90 Å². The highest BCUT2D eigenvalue weighted by Gasteiger charge is 2.20. The highest BCUT2D eigenvalue weighted by molar-refractivity contribution is 7.86. The molecule has 0 aliphatic carbocycles. The van der Waals surface area contributed by atoms with Crippen molar-refractivity contribution in [1.82, 2.24) is 9.55 Å². The van der Waals surface area contributed by atoms with E-state index in [1.54, 1.807) is 0 Å². The van der Waals surface area contributed by atoms with Gasteiger partial charge in [0.05, 0.1) is 6.33 Å². The lowest BCUT2D eigenvalue weighted by Crippen LogP contribution is -2.26. The SMILES string of the molecule is Cn1cnc(N)c(S(=O)(=O)O)c1=O. The van der Waals surface area contributed by atoms with Gasteiger partial charge in [-0.15, -0.1) is 0 Å². The van der Waals surface area contributed by atoms with Gasteiger partial charge in [0.25, 0.3) is 5.56 Å². The molecule has 0 fully saturated rings. The van der Waals surface area contributed by atoms with Gasteiger partial charge in [-0.2, -0.15) is 8.42 Å². The van der Waals surface area contributed by atoms with E-state index in [0.717, 1.165) is 10.9 Å². The number of hydrogen-bond donors (Lipinski definition) is 2. The zero-order chi connectivity index (χ0) is 10.2. The van der Waals surface area contributed by atoms with Crippen molar-refractivity contribution in [2.24, 2.45) is 7.05 Å². The molecule has 0 saturated heterocycles. The van der Waals surface area contributed by atoms with Gasteiger partial charge in [-0.25, -0.2) is 4.98 Å². The van der Waals surface area contributed by atoms with E-state index < -0.39 is 26.4 Å². The summed E-state index contributed by atoms with van der Waals surface area (Å²) in [5.41, 5.74) is 4.21. The first-order chi connectivity index (χ1) is 5.84. The number of nitrogens with two attached hydrogens (primary N) is 1. The van der Waals surface area contributed by atoms with Gasteiger partial charge >= 0.3 is 10.1 Å². The Bertz CT molecular complexity index is 489. The third-order valence-corrected chi connectivity index (χ3v) is 2.27. The largest absolute Gasteiger partial charge is 0.382 e. The first kappa shape index (κ1) is 9.68. The minimum Gasteiger partial charge on any atom is -0.382 e. The highest BCUT2D eigenvalue weighted by Crippen LogP contribution is 2.07. The highest BCUT2D eigenvalue weighted by atomic mass is 32.2. The molecule has 0 amide bonds. The van der Waals surface area contributed by atoms with E-state index in [9.17, 15) is 13.2 Å². The minimum atomic E-state index is -4.61. The monoisotopic (exact) mass is 205 g/mol. The number of anilines is 1. The van der Waals surface area contributed by atoms with E-state index in [1.165, 1.54) is 7.05 Å². The molecule has 1 heterocycles. The van der Waals surface area contributed by atoms with Crippen LogP contribution < -0.4 is 11.3 Å². The Morgan fingerprint density at radius 3 is 2.54 bits per heavy atom. The Hall–Kier alpha value is -1.41.